The molecule has 0 amide bonds. The monoisotopic (exact) mass is 516 g/mol. The fourth-order valence-corrected chi connectivity index (χ4v) is 3.15. The molecule has 2 aromatic carbocycles. The molecule has 5 N–H and O–H groups in total. The smallest absolute Gasteiger partial charge is 0.294 e. The van der Waals surface area contributed by atoms with E-state index >= 15 is 0 Å². The quantitative estimate of drug-likeness (QED) is 0.145. The van der Waals surface area contributed by atoms with Gasteiger partial charge in [0.25, 0.3) is 10.1 Å². The van der Waals surface area contributed by atoms with Crippen LogP contribution in [0.4, 0.5) is 0 Å². The molecule has 0 saturated carbocycles. The van der Waals surface area contributed by atoms with Crippen LogP contribution in [0, 0.1) is 12.3 Å². The molecular weight excluding hydrogens is 488 g/mol. The number of rotatable bonds is 9. The maximum absolute atomic E-state index is 10.5. The van der Waals surface area contributed by atoms with Gasteiger partial charge in [0.1, 0.15) is 0 Å². The van der Waals surface area contributed by atoms with Crippen molar-refractivity contribution in [3.05, 3.63) is 46.5 Å². The molecule has 0 spiro atoms. The summed E-state index contributed by atoms with van der Waals surface area (Å²) in [6.45, 7) is 8.67. The first-order valence-electron chi connectivity index (χ1n) is 10.2. The molecule has 13 heteroatoms. The molecule has 11 nitrogen and oxygen atoms in total. The van der Waals surface area contributed by atoms with Crippen molar-refractivity contribution in [2.45, 2.75) is 32.6 Å². The van der Waals surface area contributed by atoms with E-state index in [4.69, 9.17) is 41.0 Å². The molecule has 0 atom stereocenters. The van der Waals surface area contributed by atoms with Gasteiger partial charge in [-0.05, 0) is 45.9 Å². The number of halogens is 1. The number of nitrogens with one attached hydrogen (secondary N) is 3. The lowest BCUT2D eigenvalue weighted by Crippen LogP contribution is -2.30. The predicted molar refractivity (Wildman–Crippen MR) is 129 cm³/mol. The second-order valence-corrected chi connectivity index (χ2v) is 8.18. The molecule has 0 unspecified atom stereocenters. The number of guanidine groups is 1. The Labute approximate surface area is 203 Å². The lowest BCUT2D eigenvalue weighted by molar-refractivity contribution is 0.228. The van der Waals surface area contributed by atoms with Gasteiger partial charge in [-0.1, -0.05) is 29.3 Å². The molecule has 0 aliphatic rings. The SMILES string of the molecule is CCOc1cc(/C=N/NC(=N)NO)c(Cl)c(OCC)c1OCC.Cc1ccc(S(=O)(=O)O)cc1. The zero-order valence-corrected chi connectivity index (χ0v) is 20.8. The van der Waals surface area contributed by atoms with Gasteiger partial charge < -0.3 is 14.2 Å². The number of hydroxylamine groups is 1. The summed E-state index contributed by atoms with van der Waals surface area (Å²) in [5, 5.41) is 19.8. The van der Waals surface area contributed by atoms with Crippen LogP contribution >= 0.6 is 11.6 Å². The minimum Gasteiger partial charge on any atom is -0.490 e. The van der Waals surface area contributed by atoms with Gasteiger partial charge in [-0.25, -0.2) is 10.9 Å². The lowest BCUT2D eigenvalue weighted by atomic mass is 10.2. The summed E-state index contributed by atoms with van der Waals surface area (Å²) >= 11 is 6.35. The Hall–Kier alpha value is -3.06. The van der Waals surface area contributed by atoms with Gasteiger partial charge in [0.05, 0.1) is 36.0 Å². The van der Waals surface area contributed by atoms with Crippen LogP contribution < -0.4 is 25.1 Å². The molecule has 34 heavy (non-hydrogen) atoms. The van der Waals surface area contributed by atoms with Gasteiger partial charge in [0.15, 0.2) is 11.5 Å². The standard InChI is InChI=1S/C14H21ClN4O4.C7H8O3S/c1-4-21-10-7-9(8-17-18-14(16)19-20)11(15)13(23-6-3)12(10)22-5-2;1-6-2-4-7(5-3-6)11(8,9)10/h7-8,20H,4-6H2,1-3H3,(H3,16,18,19);2-5H,1H3,(H,8,9,10)/b17-8+;. The highest BCUT2D eigenvalue weighted by molar-refractivity contribution is 7.85. The summed E-state index contributed by atoms with van der Waals surface area (Å²) in [5.74, 6) is 0.923. The minimum absolute atomic E-state index is 0.0666. The van der Waals surface area contributed by atoms with Crippen molar-refractivity contribution in [3.63, 3.8) is 0 Å². The highest BCUT2D eigenvalue weighted by atomic mass is 35.5. The summed E-state index contributed by atoms with van der Waals surface area (Å²) in [7, 11) is -4.02. The zero-order chi connectivity index (χ0) is 25.7. The van der Waals surface area contributed by atoms with Crippen LogP contribution in [-0.4, -0.2) is 50.2 Å². The van der Waals surface area contributed by atoms with Crippen molar-refractivity contribution < 1.29 is 32.4 Å². The summed E-state index contributed by atoms with van der Waals surface area (Å²) < 4.78 is 46.3. The zero-order valence-electron chi connectivity index (χ0n) is 19.3. The van der Waals surface area contributed by atoms with E-state index < -0.39 is 10.1 Å². The number of nitrogens with zero attached hydrogens (tertiary/aromatic N) is 1. The van der Waals surface area contributed by atoms with E-state index in [0.717, 1.165) is 5.56 Å². The van der Waals surface area contributed by atoms with Crippen molar-refractivity contribution in [2.24, 2.45) is 5.10 Å². The number of hydrogen-bond acceptors (Lipinski definition) is 8. The van der Waals surface area contributed by atoms with Gasteiger partial charge >= 0.3 is 0 Å². The van der Waals surface area contributed by atoms with Gasteiger partial charge in [-0.15, -0.1) is 0 Å². The topological polar surface area (TPSA) is 163 Å². The number of hydrazone groups is 1. The molecule has 0 aliphatic heterocycles. The minimum atomic E-state index is -4.02. The fourth-order valence-electron chi connectivity index (χ4n) is 2.43. The number of ether oxygens (including phenoxy) is 3. The van der Waals surface area contributed by atoms with E-state index in [9.17, 15) is 8.42 Å². The molecule has 0 fully saturated rings. The second-order valence-electron chi connectivity index (χ2n) is 6.38. The van der Waals surface area contributed by atoms with Crippen LogP contribution in [-0.2, 0) is 10.1 Å². The molecule has 0 heterocycles. The first kappa shape index (κ1) is 29.0. The third-order valence-corrected chi connectivity index (χ3v) is 5.11. The fraction of sp³-hybridized carbons (Fsp3) is 0.333. The highest BCUT2D eigenvalue weighted by Crippen LogP contribution is 2.44. The average molecular weight is 517 g/mol. The lowest BCUT2D eigenvalue weighted by Gasteiger charge is -2.18. The summed E-state index contributed by atoms with van der Waals surface area (Å²) in [6, 6.07) is 7.65. The van der Waals surface area contributed by atoms with Crippen LogP contribution in [0.3, 0.4) is 0 Å². The van der Waals surface area contributed by atoms with Crippen LogP contribution in [0.5, 0.6) is 17.2 Å². The maximum atomic E-state index is 10.5. The van der Waals surface area contributed by atoms with Crippen LogP contribution in [0.15, 0.2) is 40.3 Å². The van der Waals surface area contributed by atoms with Crippen LogP contribution in [0.25, 0.3) is 0 Å². The van der Waals surface area contributed by atoms with E-state index in [-0.39, 0.29) is 10.9 Å². The maximum Gasteiger partial charge on any atom is 0.294 e. The Balaban J connectivity index is 0.000000437. The van der Waals surface area contributed by atoms with Crippen LogP contribution in [0.2, 0.25) is 5.02 Å². The van der Waals surface area contributed by atoms with E-state index in [1.54, 1.807) is 23.7 Å². The Morgan fingerprint density at radius 3 is 2.15 bits per heavy atom. The van der Waals surface area contributed by atoms with Gasteiger partial charge in [-0.2, -0.15) is 13.5 Å². The number of hydrogen-bond donors (Lipinski definition) is 5. The van der Waals surface area contributed by atoms with Crippen LogP contribution in [0.1, 0.15) is 31.9 Å². The highest BCUT2D eigenvalue weighted by Gasteiger charge is 2.20. The van der Waals surface area contributed by atoms with Crippen molar-refractivity contribution in [2.75, 3.05) is 19.8 Å². The second kappa shape index (κ2) is 14.3. The van der Waals surface area contributed by atoms with Crippen molar-refractivity contribution in [1.82, 2.24) is 10.9 Å². The molecule has 0 aromatic heterocycles. The molecular formula is C21H29ClN4O7S. The molecule has 0 radical (unpaired) electrons. The van der Waals surface area contributed by atoms with Crippen molar-refractivity contribution >= 4 is 33.9 Å². The predicted octanol–water partition coefficient (Wildman–Crippen LogP) is 3.61. The summed E-state index contributed by atoms with van der Waals surface area (Å²) in [5.41, 5.74) is 5.35. The third kappa shape index (κ3) is 9.06. The summed E-state index contributed by atoms with van der Waals surface area (Å²) in [6.07, 6.45) is 1.38. The molecule has 0 bridgehead atoms. The molecule has 188 valence electrons. The normalized spacial score (nSPS) is 10.8. The average Bonchev–Trinajstić information content (AvgIpc) is 2.79. The summed E-state index contributed by atoms with van der Waals surface area (Å²) in [4.78, 5) is -0.0666. The van der Waals surface area contributed by atoms with Gasteiger partial charge in [-0.3, -0.25) is 15.2 Å². The van der Waals surface area contributed by atoms with Crippen molar-refractivity contribution in [3.8, 4) is 17.2 Å². The Kier molecular flexibility index (Phi) is 12.1. The first-order valence-corrected chi connectivity index (χ1v) is 12.0. The molecule has 0 aliphatic carbocycles. The Morgan fingerprint density at radius 2 is 1.65 bits per heavy atom. The Bertz CT molecular complexity index is 1080. The Morgan fingerprint density at radius 1 is 1.09 bits per heavy atom. The largest absolute Gasteiger partial charge is 0.490 e. The molecule has 2 aromatic rings. The van der Waals surface area contributed by atoms with E-state index in [2.05, 4.69) is 10.5 Å². The van der Waals surface area contributed by atoms with Gasteiger partial charge in [0.2, 0.25) is 11.7 Å². The number of aryl methyl sites for hydroxylation is 1. The van der Waals surface area contributed by atoms with Crippen molar-refractivity contribution in [1.29, 1.82) is 5.41 Å². The number of benzene rings is 2. The molecule has 2 rings (SSSR count). The van der Waals surface area contributed by atoms with E-state index in [1.165, 1.54) is 18.3 Å². The van der Waals surface area contributed by atoms with E-state index in [0.29, 0.717) is 47.7 Å². The van der Waals surface area contributed by atoms with Gasteiger partial charge in [0, 0.05) is 5.56 Å². The first-order chi connectivity index (χ1) is 16.1. The molecule has 0 saturated heterocycles. The van der Waals surface area contributed by atoms with E-state index in [1.807, 2.05) is 27.7 Å². The third-order valence-electron chi connectivity index (χ3n) is 3.86.